The number of aromatic nitrogens is 3. The lowest BCUT2D eigenvalue weighted by atomic mass is 10.0. The summed E-state index contributed by atoms with van der Waals surface area (Å²) in [6.45, 7) is 3.75. The number of rotatable bonds is 20. The quantitative estimate of drug-likeness (QED) is 0.0445. The Morgan fingerprint density at radius 2 is 0.895 bits per heavy atom. The predicted octanol–water partition coefficient (Wildman–Crippen LogP) is 15.2. The topological polar surface area (TPSA) is 244 Å². The van der Waals surface area contributed by atoms with E-state index in [-0.39, 0.29) is 81.9 Å². The molecule has 9 heterocycles. The summed E-state index contributed by atoms with van der Waals surface area (Å²) in [4.78, 5) is 42.2. The maximum atomic E-state index is 14.4. The number of hydrogen-bond acceptors (Lipinski definition) is 20. The van der Waals surface area contributed by atoms with Crippen LogP contribution in [-0.2, 0) is 19.8 Å². The molecule has 0 amide bonds. The molecule has 95 heavy (non-hydrogen) atoms. The highest BCUT2D eigenvalue weighted by Crippen LogP contribution is 2.49. The summed E-state index contributed by atoms with van der Waals surface area (Å²) in [7, 11) is 3.01. The van der Waals surface area contributed by atoms with Crippen LogP contribution in [0.1, 0.15) is 117 Å². The average molecular weight is 1350 g/mol. The molecule has 17 nitrogen and oxygen atoms in total. The zero-order valence-corrected chi connectivity index (χ0v) is 53.5. The maximum Gasteiger partial charge on any atom is 0.163 e. The van der Waals surface area contributed by atoms with Gasteiger partial charge in [0.15, 0.2) is 34.6 Å². The number of aliphatic hydroxyl groups is 4. The van der Waals surface area contributed by atoms with Gasteiger partial charge in [-0.3, -0.25) is 9.59 Å². The standard InChI is InChI=1S/C28H26FNO5S.C27H24FNO6S.C16H13FN2O2S.CH4/c1-3-13-34-22-11-7-16(14-24(22)33-2)20(31)9-10-21(32)19-8-12-23-27(30-19)26-17-5-4-6-18(29)28(17)36-25(26)15-35-23;1-33-23-13-15(5-9-21(23)34-12-11-30)19(31)7-8-20(32)18-6-10-22-26(29-18)25-16-3-2-4-17(28)27(16)36-24(25)14-35-22;17-9-3-1-2-8-14-13(22-16(8)9)7-21-12-5-4-10(11(20)6-18)19-15(12)14;/h4-8,11-12,14,21,32H,3,9-10,13,15H2,1-2H3;2-6,9-10,13,20,30,32H,7-8,11-12,14H2,1H3;1-5,11,20H,6-7,18H2;1H4. The number of aliphatic hydroxyl groups excluding tert-OH is 4. The summed E-state index contributed by atoms with van der Waals surface area (Å²) in [5.41, 5.74) is 12.1. The van der Waals surface area contributed by atoms with Gasteiger partial charge in [0.1, 0.15) is 84.3 Å². The molecule has 6 aromatic heterocycles. The summed E-state index contributed by atoms with van der Waals surface area (Å²) < 4.78 is 83.5. The van der Waals surface area contributed by atoms with E-state index >= 15 is 0 Å². The molecule has 3 unspecified atom stereocenters. The normalized spacial score (nSPS) is 13.2. The van der Waals surface area contributed by atoms with Gasteiger partial charge in [-0.15, -0.1) is 34.0 Å². The van der Waals surface area contributed by atoms with E-state index in [2.05, 4.69) is 15.0 Å². The van der Waals surface area contributed by atoms with Crippen molar-refractivity contribution in [2.45, 2.75) is 84.6 Å². The van der Waals surface area contributed by atoms with Crippen LogP contribution in [0.5, 0.6) is 40.2 Å². The Labute approximate surface area is 556 Å². The summed E-state index contributed by atoms with van der Waals surface area (Å²) in [5.74, 6) is 2.66. The smallest absolute Gasteiger partial charge is 0.163 e. The van der Waals surface area contributed by atoms with Crippen LogP contribution < -0.4 is 38.9 Å². The lowest BCUT2D eigenvalue weighted by molar-refractivity contribution is 0.0931. The minimum atomic E-state index is -0.972. The van der Waals surface area contributed by atoms with Gasteiger partial charge in [-0.2, -0.15) is 0 Å². The minimum Gasteiger partial charge on any atom is -0.493 e. The van der Waals surface area contributed by atoms with Crippen molar-refractivity contribution in [1.82, 2.24) is 15.0 Å². The first-order valence-corrected chi connectivity index (χ1v) is 32.7. The van der Waals surface area contributed by atoms with Crippen LogP contribution in [0.4, 0.5) is 13.2 Å². The number of hydrogen-bond donors (Lipinski definition) is 5. The van der Waals surface area contributed by atoms with Gasteiger partial charge >= 0.3 is 0 Å². The van der Waals surface area contributed by atoms with Crippen LogP contribution in [0.3, 0.4) is 0 Å². The average Bonchev–Trinajstić information content (AvgIpc) is 1.64. The molecule has 0 radical (unpaired) electrons. The summed E-state index contributed by atoms with van der Waals surface area (Å²) in [6, 6.07) is 35.3. The molecule has 0 fully saturated rings. The van der Waals surface area contributed by atoms with Crippen LogP contribution in [0.25, 0.3) is 64.0 Å². The molecule has 23 heteroatoms. The second-order valence-corrected chi connectivity index (χ2v) is 25.3. The number of halogens is 3. The first kappa shape index (κ1) is 67.4. The van der Waals surface area contributed by atoms with Gasteiger partial charge in [-0.05, 0) is 110 Å². The summed E-state index contributed by atoms with van der Waals surface area (Å²) in [6.07, 6.45) is -1.28. The molecular formula is C72H67F3N4O13S3. The molecule has 0 saturated carbocycles. The Morgan fingerprint density at radius 3 is 1.24 bits per heavy atom. The fraction of sp³-hybridized carbons (Fsp3) is 0.264. The molecule has 492 valence electrons. The number of benzene rings is 5. The number of ketones is 2. The fourth-order valence-corrected chi connectivity index (χ4v) is 14.6. The van der Waals surface area contributed by atoms with Gasteiger partial charge in [0, 0.05) is 63.4 Å². The Bertz CT molecular complexity index is 4440. The lowest BCUT2D eigenvalue weighted by Gasteiger charge is -2.19. The molecule has 11 aromatic rings. The molecule has 0 bridgehead atoms. The lowest BCUT2D eigenvalue weighted by Crippen LogP contribution is -2.14. The number of methoxy groups -OCH3 is 2. The molecule has 0 saturated heterocycles. The Balaban J connectivity index is 0.000000149. The van der Waals surface area contributed by atoms with E-state index in [9.17, 15) is 38.1 Å². The van der Waals surface area contributed by atoms with Gasteiger partial charge in [0.05, 0.1) is 85.5 Å². The summed E-state index contributed by atoms with van der Waals surface area (Å²) in [5, 5.41) is 42.9. The number of carbonyl (C=O) groups excluding carboxylic acids is 2. The molecule has 3 aliphatic rings. The monoisotopic (exact) mass is 1350 g/mol. The molecule has 3 aliphatic heterocycles. The van der Waals surface area contributed by atoms with E-state index in [4.69, 9.17) is 44.0 Å². The number of nitrogens with zero attached hydrogens (tertiary/aromatic N) is 3. The highest BCUT2D eigenvalue weighted by molar-refractivity contribution is 7.20. The molecular weight excluding hydrogens is 1280 g/mol. The Hall–Kier alpha value is -9.04. The summed E-state index contributed by atoms with van der Waals surface area (Å²) >= 11 is 4.09. The van der Waals surface area contributed by atoms with E-state index in [1.165, 1.54) is 66.4 Å². The second-order valence-electron chi connectivity index (χ2n) is 22.0. The van der Waals surface area contributed by atoms with E-state index in [0.717, 1.165) is 53.9 Å². The van der Waals surface area contributed by atoms with Crippen molar-refractivity contribution in [3.05, 3.63) is 188 Å². The van der Waals surface area contributed by atoms with Gasteiger partial charge < -0.3 is 59.3 Å². The van der Waals surface area contributed by atoms with Crippen molar-refractivity contribution in [2.75, 3.05) is 40.6 Å². The number of nitrogens with two attached hydrogens (primary N) is 1. The van der Waals surface area contributed by atoms with Crippen LogP contribution in [-0.4, -0.2) is 87.5 Å². The molecule has 3 atom stereocenters. The number of Topliss-reactive ketones (excluding diaryl/α,β-unsaturated/α-hetero) is 2. The largest absolute Gasteiger partial charge is 0.493 e. The van der Waals surface area contributed by atoms with Crippen LogP contribution in [0.2, 0.25) is 0 Å². The zero-order valence-electron chi connectivity index (χ0n) is 51.1. The van der Waals surface area contributed by atoms with Crippen molar-refractivity contribution in [1.29, 1.82) is 0 Å². The highest BCUT2D eigenvalue weighted by Gasteiger charge is 2.30. The van der Waals surface area contributed by atoms with Gasteiger partial charge in [0.25, 0.3) is 0 Å². The zero-order chi connectivity index (χ0) is 65.7. The Morgan fingerprint density at radius 1 is 0.526 bits per heavy atom. The Kier molecular flexibility index (Phi) is 21.1. The van der Waals surface area contributed by atoms with E-state index < -0.39 is 18.3 Å². The third kappa shape index (κ3) is 13.9. The maximum absolute atomic E-state index is 14.4. The first-order valence-electron chi connectivity index (χ1n) is 30.2. The minimum absolute atomic E-state index is 0. The fourth-order valence-electron chi connectivity index (χ4n) is 11.3. The van der Waals surface area contributed by atoms with Crippen LogP contribution >= 0.6 is 34.0 Å². The van der Waals surface area contributed by atoms with Crippen molar-refractivity contribution >= 4 is 75.8 Å². The highest BCUT2D eigenvalue weighted by atomic mass is 32.1. The predicted molar refractivity (Wildman–Crippen MR) is 360 cm³/mol. The van der Waals surface area contributed by atoms with Crippen LogP contribution in [0, 0.1) is 17.5 Å². The van der Waals surface area contributed by atoms with E-state index in [1.807, 2.05) is 25.1 Å². The second kappa shape index (κ2) is 29.7. The van der Waals surface area contributed by atoms with E-state index in [1.54, 1.807) is 91.0 Å². The molecule has 14 rings (SSSR count). The van der Waals surface area contributed by atoms with Crippen molar-refractivity contribution in [3.8, 4) is 74.0 Å². The number of pyridine rings is 3. The van der Waals surface area contributed by atoms with Crippen molar-refractivity contribution < 1.29 is 76.3 Å². The van der Waals surface area contributed by atoms with Crippen LogP contribution in [0.15, 0.2) is 127 Å². The third-order valence-electron chi connectivity index (χ3n) is 16.0. The molecule has 5 aromatic carbocycles. The number of thiophene rings is 3. The van der Waals surface area contributed by atoms with Crippen molar-refractivity contribution in [2.24, 2.45) is 5.73 Å². The molecule has 6 N–H and O–H groups in total. The number of carbonyl (C=O) groups is 2. The number of ether oxygens (including phenoxy) is 7. The van der Waals surface area contributed by atoms with Gasteiger partial charge in [-0.1, -0.05) is 50.7 Å². The van der Waals surface area contributed by atoms with Gasteiger partial charge in [-0.25, -0.2) is 28.1 Å². The SMILES string of the molecule is C.CCCOc1ccc(C(=O)CCC(O)c2ccc3c(n2)-c2c(sc4c(F)cccc24)CO3)cc1OC.COc1cc(C(=O)CCC(O)c2ccc3c(n2)-c2c(sc4c(F)cccc24)CO3)ccc1OCCO.NCC(O)c1ccc2c(n1)-c1c(sc3c(F)cccc13)CO2. The van der Waals surface area contributed by atoms with Gasteiger partial charge in [0.2, 0.25) is 0 Å². The number of fused-ring (bicyclic) bond motifs is 15. The molecule has 0 spiro atoms. The van der Waals surface area contributed by atoms with Crippen molar-refractivity contribution in [3.63, 3.8) is 0 Å². The third-order valence-corrected chi connectivity index (χ3v) is 19.5. The molecule has 0 aliphatic carbocycles. The first-order chi connectivity index (χ1) is 45.7. The van der Waals surface area contributed by atoms with E-state index in [0.29, 0.717) is 126 Å².